The summed E-state index contributed by atoms with van der Waals surface area (Å²) in [5, 5.41) is 0. The van der Waals surface area contributed by atoms with Crippen molar-refractivity contribution in [3.63, 3.8) is 0 Å². The van der Waals surface area contributed by atoms with E-state index in [1.54, 1.807) is 7.11 Å². The zero-order valence-corrected chi connectivity index (χ0v) is 8.57. The Morgan fingerprint density at radius 1 is 1.14 bits per heavy atom. The number of rotatable bonds is 2. The van der Waals surface area contributed by atoms with Crippen LogP contribution in [0, 0.1) is 6.42 Å². The molecule has 0 aromatic heterocycles. The molecule has 14 heavy (non-hydrogen) atoms. The van der Waals surface area contributed by atoms with Gasteiger partial charge in [-0.15, -0.1) is 0 Å². The number of methoxy groups -OCH3 is 1. The van der Waals surface area contributed by atoms with E-state index in [9.17, 15) is 0 Å². The minimum atomic E-state index is 0.981. The Labute approximate surface area is 85.5 Å². The summed E-state index contributed by atoms with van der Waals surface area (Å²) in [5.41, 5.74) is 1.23. The molecule has 0 bridgehead atoms. The van der Waals surface area contributed by atoms with Crippen molar-refractivity contribution >= 4 is 5.69 Å². The molecule has 0 amide bonds. The number of benzene rings is 1. The molecule has 2 nitrogen and oxygen atoms in total. The Morgan fingerprint density at radius 3 is 2.57 bits per heavy atom. The molecule has 75 valence electrons. The van der Waals surface area contributed by atoms with E-state index in [0.29, 0.717) is 0 Å². The lowest BCUT2D eigenvalue weighted by Crippen LogP contribution is -2.29. The molecule has 0 saturated carbocycles. The molecular formula is C12H16NO. The molecule has 1 aromatic rings. The smallest absolute Gasteiger partial charge is 0.142 e. The van der Waals surface area contributed by atoms with Crippen LogP contribution in [0.3, 0.4) is 0 Å². The Kier molecular flexibility index (Phi) is 2.92. The van der Waals surface area contributed by atoms with Crippen LogP contribution in [0.1, 0.15) is 12.8 Å². The van der Waals surface area contributed by atoms with Crippen LogP contribution in [-0.2, 0) is 0 Å². The van der Waals surface area contributed by atoms with Gasteiger partial charge in [0.25, 0.3) is 0 Å². The molecule has 0 spiro atoms. The molecule has 1 radical (unpaired) electrons. The fraction of sp³-hybridized carbons (Fsp3) is 0.417. The predicted octanol–water partition coefficient (Wildman–Crippen LogP) is 2.50. The molecule has 1 aliphatic rings. The van der Waals surface area contributed by atoms with Gasteiger partial charge < -0.3 is 9.64 Å². The van der Waals surface area contributed by atoms with E-state index in [1.807, 2.05) is 12.1 Å². The van der Waals surface area contributed by atoms with Crippen LogP contribution in [0.5, 0.6) is 5.75 Å². The molecule has 2 rings (SSSR count). The van der Waals surface area contributed by atoms with Crippen LogP contribution in [0.15, 0.2) is 24.3 Å². The van der Waals surface area contributed by atoms with Gasteiger partial charge in [0, 0.05) is 13.1 Å². The third-order valence-electron chi connectivity index (χ3n) is 2.63. The maximum atomic E-state index is 5.35. The first-order valence-electron chi connectivity index (χ1n) is 5.11. The molecule has 0 N–H and O–H groups in total. The Balaban J connectivity index is 2.20. The predicted molar refractivity (Wildman–Crippen MR) is 58.7 cm³/mol. The summed E-state index contributed by atoms with van der Waals surface area (Å²) in [6.07, 6.45) is 4.71. The molecule has 1 aliphatic heterocycles. The SMILES string of the molecule is COc1ccccc1N1CC[CH]CC1. The van der Waals surface area contributed by atoms with Crippen molar-refractivity contribution in [3.05, 3.63) is 30.7 Å². The van der Waals surface area contributed by atoms with Crippen molar-refractivity contribution in [2.45, 2.75) is 12.8 Å². The molecule has 2 heteroatoms. The van der Waals surface area contributed by atoms with Crippen LogP contribution in [0.2, 0.25) is 0 Å². The Hall–Kier alpha value is -1.18. The summed E-state index contributed by atoms with van der Waals surface area (Å²) in [5.74, 6) is 0.981. The Bertz CT molecular complexity index is 292. The summed E-state index contributed by atoms with van der Waals surface area (Å²) in [7, 11) is 1.73. The van der Waals surface area contributed by atoms with Gasteiger partial charge in [-0.05, 0) is 31.4 Å². The average Bonchev–Trinajstić information content (AvgIpc) is 2.30. The highest BCUT2D eigenvalue weighted by Gasteiger charge is 2.13. The van der Waals surface area contributed by atoms with Crippen molar-refractivity contribution in [1.82, 2.24) is 0 Å². The van der Waals surface area contributed by atoms with Gasteiger partial charge in [-0.1, -0.05) is 12.1 Å². The second-order valence-electron chi connectivity index (χ2n) is 3.52. The number of para-hydroxylation sites is 2. The topological polar surface area (TPSA) is 12.5 Å². The number of piperidine rings is 1. The molecule has 1 fully saturated rings. The number of anilines is 1. The summed E-state index contributed by atoms with van der Waals surface area (Å²) in [6, 6.07) is 8.23. The van der Waals surface area contributed by atoms with Gasteiger partial charge in [-0.25, -0.2) is 0 Å². The zero-order valence-electron chi connectivity index (χ0n) is 8.57. The summed E-state index contributed by atoms with van der Waals surface area (Å²) in [6.45, 7) is 2.22. The van der Waals surface area contributed by atoms with Gasteiger partial charge in [0.2, 0.25) is 0 Å². The van der Waals surface area contributed by atoms with Crippen molar-refractivity contribution in [3.8, 4) is 5.75 Å². The highest BCUT2D eigenvalue weighted by atomic mass is 16.5. The standard InChI is InChI=1S/C12H16NO/c1-14-12-8-4-3-7-11(12)13-9-5-2-6-10-13/h2-4,7-8H,5-6,9-10H2,1H3. The minimum absolute atomic E-state index is 0.981. The van der Waals surface area contributed by atoms with E-state index in [4.69, 9.17) is 4.74 Å². The van der Waals surface area contributed by atoms with Gasteiger partial charge in [0.1, 0.15) is 5.75 Å². The lowest BCUT2D eigenvalue weighted by molar-refractivity contribution is 0.413. The second kappa shape index (κ2) is 4.36. The number of hydrogen-bond donors (Lipinski definition) is 0. The van der Waals surface area contributed by atoms with Gasteiger partial charge in [0.05, 0.1) is 12.8 Å². The largest absolute Gasteiger partial charge is 0.495 e. The van der Waals surface area contributed by atoms with E-state index in [2.05, 4.69) is 23.5 Å². The maximum Gasteiger partial charge on any atom is 0.142 e. The zero-order chi connectivity index (χ0) is 9.80. The minimum Gasteiger partial charge on any atom is -0.495 e. The molecule has 1 saturated heterocycles. The van der Waals surface area contributed by atoms with Crippen LogP contribution in [0.25, 0.3) is 0 Å². The van der Waals surface area contributed by atoms with E-state index in [1.165, 1.54) is 18.5 Å². The van der Waals surface area contributed by atoms with Gasteiger partial charge in [-0.3, -0.25) is 0 Å². The summed E-state index contributed by atoms with van der Waals surface area (Å²) >= 11 is 0. The quantitative estimate of drug-likeness (QED) is 0.710. The molecule has 0 unspecified atom stereocenters. The lowest BCUT2D eigenvalue weighted by Gasteiger charge is -2.29. The lowest BCUT2D eigenvalue weighted by atomic mass is 10.1. The highest BCUT2D eigenvalue weighted by Crippen LogP contribution is 2.29. The normalized spacial score (nSPS) is 16.8. The summed E-state index contributed by atoms with van der Waals surface area (Å²) < 4.78 is 5.35. The van der Waals surface area contributed by atoms with Gasteiger partial charge >= 0.3 is 0 Å². The number of ether oxygens (including phenoxy) is 1. The molecular weight excluding hydrogens is 174 g/mol. The number of nitrogens with zero attached hydrogens (tertiary/aromatic N) is 1. The molecule has 1 aromatic carbocycles. The fourth-order valence-electron chi connectivity index (χ4n) is 1.88. The van der Waals surface area contributed by atoms with Crippen molar-refractivity contribution in [2.75, 3.05) is 25.1 Å². The maximum absolute atomic E-state index is 5.35. The second-order valence-corrected chi connectivity index (χ2v) is 3.52. The van der Waals surface area contributed by atoms with Crippen molar-refractivity contribution in [1.29, 1.82) is 0 Å². The highest BCUT2D eigenvalue weighted by molar-refractivity contribution is 5.58. The van der Waals surface area contributed by atoms with Crippen LogP contribution >= 0.6 is 0 Å². The van der Waals surface area contributed by atoms with Crippen LogP contribution in [-0.4, -0.2) is 20.2 Å². The van der Waals surface area contributed by atoms with Crippen molar-refractivity contribution < 1.29 is 4.74 Å². The third-order valence-corrected chi connectivity index (χ3v) is 2.63. The Morgan fingerprint density at radius 2 is 1.86 bits per heavy atom. The van der Waals surface area contributed by atoms with Gasteiger partial charge in [-0.2, -0.15) is 0 Å². The molecule has 1 heterocycles. The van der Waals surface area contributed by atoms with E-state index >= 15 is 0 Å². The van der Waals surface area contributed by atoms with E-state index in [-0.39, 0.29) is 0 Å². The van der Waals surface area contributed by atoms with Crippen LogP contribution in [0.4, 0.5) is 5.69 Å². The number of hydrogen-bond acceptors (Lipinski definition) is 2. The first-order chi connectivity index (χ1) is 6.92. The first kappa shape index (κ1) is 9.38. The van der Waals surface area contributed by atoms with Gasteiger partial charge in [0.15, 0.2) is 0 Å². The molecule has 0 aliphatic carbocycles. The monoisotopic (exact) mass is 190 g/mol. The van der Waals surface area contributed by atoms with E-state index < -0.39 is 0 Å². The summed E-state index contributed by atoms with van der Waals surface area (Å²) in [4.78, 5) is 2.39. The van der Waals surface area contributed by atoms with E-state index in [0.717, 1.165) is 18.8 Å². The average molecular weight is 190 g/mol. The fourth-order valence-corrected chi connectivity index (χ4v) is 1.88. The molecule has 0 atom stereocenters. The van der Waals surface area contributed by atoms with Crippen LogP contribution < -0.4 is 9.64 Å². The van der Waals surface area contributed by atoms with Crippen molar-refractivity contribution in [2.24, 2.45) is 0 Å². The third kappa shape index (κ3) is 1.84. The first-order valence-corrected chi connectivity index (χ1v) is 5.11.